The highest BCUT2D eigenvalue weighted by Gasteiger charge is 2.38. The van der Waals surface area contributed by atoms with Crippen LogP contribution in [0.2, 0.25) is 0 Å². The third kappa shape index (κ3) is 3.54. The molecule has 0 aromatic carbocycles. The van der Waals surface area contributed by atoms with E-state index in [1.807, 2.05) is 7.05 Å². The Hall–Kier alpha value is -0.930. The normalized spacial score (nSPS) is 32.1. The molecular formula is C15H22F3N. The molecule has 1 unspecified atom stereocenters. The molecule has 2 aliphatic carbocycles. The van der Waals surface area contributed by atoms with Crippen molar-refractivity contribution in [2.75, 3.05) is 7.05 Å². The van der Waals surface area contributed by atoms with Crippen LogP contribution in [0.1, 0.15) is 39.0 Å². The summed E-state index contributed by atoms with van der Waals surface area (Å²) in [6.07, 6.45) is 5.36. The van der Waals surface area contributed by atoms with Gasteiger partial charge in [-0.3, -0.25) is 0 Å². The summed E-state index contributed by atoms with van der Waals surface area (Å²) in [5.41, 5.74) is 0.944. The van der Waals surface area contributed by atoms with Crippen LogP contribution in [-0.4, -0.2) is 24.2 Å². The second-order valence-electron chi connectivity index (χ2n) is 5.90. The lowest BCUT2D eigenvalue weighted by Crippen LogP contribution is -2.34. The molecule has 1 nitrogen and oxygen atoms in total. The lowest BCUT2D eigenvalue weighted by Gasteiger charge is -2.36. The zero-order valence-corrected chi connectivity index (χ0v) is 11.6. The smallest absolute Gasteiger partial charge is 0.372 e. The molecule has 0 bridgehead atoms. The molecule has 2 rings (SSSR count). The summed E-state index contributed by atoms with van der Waals surface area (Å²) in [6.45, 7) is 2.27. The molecule has 1 fully saturated rings. The molecule has 0 amide bonds. The maximum absolute atomic E-state index is 12.6. The van der Waals surface area contributed by atoms with E-state index < -0.39 is 12.1 Å². The van der Waals surface area contributed by atoms with Crippen molar-refractivity contribution in [3.8, 4) is 0 Å². The van der Waals surface area contributed by atoms with E-state index in [0.29, 0.717) is 6.04 Å². The van der Waals surface area contributed by atoms with Crippen molar-refractivity contribution in [1.82, 2.24) is 4.90 Å². The van der Waals surface area contributed by atoms with Crippen LogP contribution in [0.3, 0.4) is 0 Å². The van der Waals surface area contributed by atoms with Gasteiger partial charge in [0.05, 0.1) is 5.92 Å². The van der Waals surface area contributed by atoms with E-state index in [2.05, 4.69) is 11.8 Å². The fraction of sp³-hybridized carbons (Fsp3) is 0.733. The number of allylic oxidation sites excluding steroid dienone is 3. The standard InChI is InChI=1S/C15H22F3N/c1-11-3-7-13(8-4-11)19(2)14-9-5-12(6-10-14)15(16,17)18/h5,9-13H,3-4,6-8H2,1-2H3. The Kier molecular flexibility index (Phi) is 4.26. The van der Waals surface area contributed by atoms with Crippen LogP contribution in [0.15, 0.2) is 23.9 Å². The predicted octanol–water partition coefficient (Wildman–Crippen LogP) is 4.52. The highest BCUT2D eigenvalue weighted by atomic mass is 19.4. The first-order valence-corrected chi connectivity index (χ1v) is 7.06. The van der Waals surface area contributed by atoms with Crippen molar-refractivity contribution in [3.05, 3.63) is 23.9 Å². The number of hydrogen-bond acceptors (Lipinski definition) is 1. The van der Waals surface area contributed by atoms with E-state index in [1.54, 1.807) is 12.2 Å². The van der Waals surface area contributed by atoms with Crippen LogP contribution >= 0.6 is 0 Å². The van der Waals surface area contributed by atoms with E-state index in [9.17, 15) is 13.2 Å². The number of alkyl halides is 3. The fourth-order valence-corrected chi connectivity index (χ4v) is 2.95. The van der Waals surface area contributed by atoms with Crippen molar-refractivity contribution in [2.45, 2.75) is 51.2 Å². The van der Waals surface area contributed by atoms with Gasteiger partial charge in [0.15, 0.2) is 0 Å². The molecule has 1 atom stereocenters. The first-order valence-electron chi connectivity index (χ1n) is 7.06. The summed E-state index contributed by atoms with van der Waals surface area (Å²) in [4.78, 5) is 2.16. The third-order valence-electron chi connectivity index (χ3n) is 4.44. The first kappa shape index (κ1) is 14.5. The number of nitrogens with zero attached hydrogens (tertiary/aromatic N) is 1. The third-order valence-corrected chi connectivity index (χ3v) is 4.44. The Morgan fingerprint density at radius 2 is 1.79 bits per heavy atom. The largest absolute Gasteiger partial charge is 0.395 e. The summed E-state index contributed by atoms with van der Waals surface area (Å²) < 4.78 is 37.7. The molecule has 0 aliphatic heterocycles. The molecular weight excluding hydrogens is 251 g/mol. The monoisotopic (exact) mass is 273 g/mol. The second-order valence-corrected chi connectivity index (χ2v) is 5.90. The van der Waals surface area contributed by atoms with E-state index in [-0.39, 0.29) is 6.42 Å². The van der Waals surface area contributed by atoms with E-state index in [1.165, 1.54) is 18.9 Å². The molecule has 19 heavy (non-hydrogen) atoms. The molecule has 4 heteroatoms. The number of likely N-dealkylation sites (N-methyl/N-ethyl adjacent to an activating group) is 1. The van der Waals surface area contributed by atoms with Gasteiger partial charge in [0.1, 0.15) is 0 Å². The highest BCUT2D eigenvalue weighted by Crippen LogP contribution is 2.35. The molecule has 1 saturated carbocycles. The van der Waals surface area contributed by atoms with Crippen LogP contribution in [-0.2, 0) is 0 Å². The summed E-state index contributed by atoms with van der Waals surface area (Å²) in [5, 5.41) is 0. The molecule has 0 aromatic heterocycles. The molecule has 0 saturated heterocycles. The van der Waals surface area contributed by atoms with Gasteiger partial charge in [-0.25, -0.2) is 0 Å². The van der Waals surface area contributed by atoms with Crippen LogP contribution in [0.4, 0.5) is 13.2 Å². The molecule has 0 N–H and O–H groups in total. The summed E-state index contributed by atoms with van der Waals surface area (Å²) in [7, 11) is 2.00. The van der Waals surface area contributed by atoms with Gasteiger partial charge in [0.2, 0.25) is 0 Å². The van der Waals surface area contributed by atoms with Crippen LogP contribution in [0, 0.1) is 11.8 Å². The zero-order chi connectivity index (χ0) is 14.0. The van der Waals surface area contributed by atoms with Crippen LogP contribution < -0.4 is 0 Å². The maximum Gasteiger partial charge on any atom is 0.395 e. The van der Waals surface area contributed by atoms with Gasteiger partial charge in [-0.1, -0.05) is 19.1 Å². The highest BCUT2D eigenvalue weighted by molar-refractivity contribution is 5.24. The molecule has 0 radical (unpaired) electrons. The molecule has 108 valence electrons. The Morgan fingerprint density at radius 3 is 2.26 bits per heavy atom. The van der Waals surface area contributed by atoms with Crippen molar-refractivity contribution in [1.29, 1.82) is 0 Å². The predicted molar refractivity (Wildman–Crippen MR) is 70.6 cm³/mol. The SMILES string of the molecule is CC1CCC(N(C)C2=CCC(C(F)(F)F)C=C2)CC1. The lowest BCUT2D eigenvalue weighted by molar-refractivity contribution is -0.160. The Morgan fingerprint density at radius 1 is 1.16 bits per heavy atom. The number of halogens is 3. The van der Waals surface area contributed by atoms with Crippen LogP contribution in [0.5, 0.6) is 0 Å². The zero-order valence-electron chi connectivity index (χ0n) is 11.6. The van der Waals surface area contributed by atoms with Crippen molar-refractivity contribution < 1.29 is 13.2 Å². The van der Waals surface area contributed by atoms with Gasteiger partial charge in [-0.15, -0.1) is 0 Å². The average Bonchev–Trinajstić information content (AvgIpc) is 2.38. The van der Waals surface area contributed by atoms with E-state index >= 15 is 0 Å². The minimum atomic E-state index is -4.11. The number of rotatable bonds is 2. The van der Waals surface area contributed by atoms with Crippen molar-refractivity contribution in [3.63, 3.8) is 0 Å². The summed E-state index contributed by atoms with van der Waals surface area (Å²) in [5.74, 6) is -0.522. The Labute approximate surface area is 113 Å². The Balaban J connectivity index is 1.93. The topological polar surface area (TPSA) is 3.24 Å². The van der Waals surface area contributed by atoms with E-state index in [4.69, 9.17) is 0 Å². The first-order chi connectivity index (χ1) is 8.88. The van der Waals surface area contributed by atoms with Crippen LogP contribution in [0.25, 0.3) is 0 Å². The number of hydrogen-bond donors (Lipinski definition) is 0. The minimum Gasteiger partial charge on any atom is -0.372 e. The molecule has 0 aromatic rings. The lowest BCUT2D eigenvalue weighted by atomic mass is 9.86. The van der Waals surface area contributed by atoms with Gasteiger partial charge in [-0.2, -0.15) is 13.2 Å². The second kappa shape index (κ2) is 5.59. The van der Waals surface area contributed by atoms with Gasteiger partial charge >= 0.3 is 6.18 Å². The van der Waals surface area contributed by atoms with Gasteiger partial charge < -0.3 is 4.90 Å². The van der Waals surface area contributed by atoms with Gasteiger partial charge in [-0.05, 0) is 44.1 Å². The fourth-order valence-electron chi connectivity index (χ4n) is 2.95. The van der Waals surface area contributed by atoms with Crippen molar-refractivity contribution in [2.24, 2.45) is 11.8 Å². The maximum atomic E-state index is 12.6. The molecule has 2 aliphatic rings. The quantitative estimate of drug-likeness (QED) is 0.715. The summed E-state index contributed by atoms with van der Waals surface area (Å²) in [6, 6.07) is 0.481. The molecule has 0 spiro atoms. The van der Waals surface area contributed by atoms with Crippen molar-refractivity contribution >= 4 is 0 Å². The summed E-state index contributed by atoms with van der Waals surface area (Å²) >= 11 is 0. The average molecular weight is 273 g/mol. The minimum absolute atomic E-state index is 0.0722. The Bertz CT molecular complexity index is 362. The molecule has 0 heterocycles. The van der Waals surface area contributed by atoms with E-state index in [0.717, 1.165) is 24.5 Å². The van der Waals surface area contributed by atoms with Gasteiger partial charge in [0.25, 0.3) is 0 Å². The van der Waals surface area contributed by atoms with Gasteiger partial charge in [0, 0.05) is 18.8 Å².